The Hall–Kier alpha value is -3.29. The number of furan rings is 2. The molecule has 140 valence electrons. The Kier molecular flexibility index (Phi) is 4.78. The van der Waals surface area contributed by atoms with Crippen molar-refractivity contribution < 1.29 is 18.4 Å². The van der Waals surface area contributed by atoms with Gasteiger partial charge in [0.05, 0.1) is 19.1 Å². The molecule has 1 aliphatic heterocycles. The van der Waals surface area contributed by atoms with Gasteiger partial charge in [0.2, 0.25) is 0 Å². The molecule has 8 nitrogen and oxygen atoms in total. The first-order valence-corrected chi connectivity index (χ1v) is 8.89. The van der Waals surface area contributed by atoms with E-state index in [2.05, 4.69) is 15.5 Å². The lowest BCUT2D eigenvalue weighted by Gasteiger charge is -2.30. The Morgan fingerprint density at radius 3 is 2.67 bits per heavy atom. The van der Waals surface area contributed by atoms with Gasteiger partial charge >= 0.3 is 0 Å². The fourth-order valence-corrected chi connectivity index (χ4v) is 3.28. The summed E-state index contributed by atoms with van der Waals surface area (Å²) < 4.78 is 10.4. The van der Waals surface area contributed by atoms with E-state index in [1.807, 2.05) is 0 Å². The van der Waals surface area contributed by atoms with Crippen LogP contribution < -0.4 is 5.32 Å². The number of carbonyl (C=O) groups is 2. The number of piperidine rings is 1. The van der Waals surface area contributed by atoms with Crippen LogP contribution in [0.15, 0.2) is 51.7 Å². The van der Waals surface area contributed by atoms with Crippen molar-refractivity contribution in [3.63, 3.8) is 0 Å². The number of carbonyl (C=O) groups excluding carboxylic acids is 2. The number of nitrogens with one attached hydrogen (secondary N) is 2. The number of rotatable bonds is 5. The monoisotopic (exact) mass is 368 g/mol. The summed E-state index contributed by atoms with van der Waals surface area (Å²) in [6.45, 7) is 1.60. The van der Waals surface area contributed by atoms with Gasteiger partial charge < -0.3 is 19.1 Å². The quantitative estimate of drug-likeness (QED) is 0.720. The van der Waals surface area contributed by atoms with Crippen LogP contribution in [0.2, 0.25) is 0 Å². The normalized spacial score (nSPS) is 15.0. The van der Waals surface area contributed by atoms with Crippen LogP contribution in [0.5, 0.6) is 0 Å². The molecule has 1 aliphatic rings. The van der Waals surface area contributed by atoms with Crippen molar-refractivity contribution in [2.24, 2.45) is 0 Å². The molecule has 4 heterocycles. The van der Waals surface area contributed by atoms with E-state index < -0.39 is 0 Å². The van der Waals surface area contributed by atoms with E-state index in [4.69, 9.17) is 8.83 Å². The highest BCUT2D eigenvalue weighted by Crippen LogP contribution is 2.27. The maximum atomic E-state index is 12.3. The fourth-order valence-electron chi connectivity index (χ4n) is 3.28. The number of hydrogen-bond donors (Lipinski definition) is 2. The maximum absolute atomic E-state index is 12.3. The molecule has 8 heteroatoms. The fraction of sp³-hybridized carbons (Fsp3) is 0.316. The second-order valence-corrected chi connectivity index (χ2v) is 6.51. The van der Waals surface area contributed by atoms with Crippen LogP contribution in [-0.4, -0.2) is 40.0 Å². The zero-order valence-electron chi connectivity index (χ0n) is 14.7. The molecule has 2 N–H and O–H groups in total. The van der Waals surface area contributed by atoms with Crippen molar-refractivity contribution in [1.82, 2.24) is 20.4 Å². The highest BCUT2D eigenvalue weighted by Gasteiger charge is 2.27. The van der Waals surface area contributed by atoms with Crippen LogP contribution in [0.4, 0.5) is 0 Å². The minimum absolute atomic E-state index is 0.0824. The summed E-state index contributed by atoms with van der Waals surface area (Å²) in [4.78, 5) is 26.3. The smallest absolute Gasteiger partial charge is 0.289 e. The Balaban J connectivity index is 1.31. The highest BCUT2D eigenvalue weighted by atomic mass is 16.3. The molecule has 3 aromatic rings. The molecule has 0 aliphatic carbocycles. The van der Waals surface area contributed by atoms with Crippen molar-refractivity contribution >= 4 is 11.8 Å². The molecule has 4 rings (SSSR count). The van der Waals surface area contributed by atoms with Gasteiger partial charge in [0.25, 0.3) is 11.8 Å². The third-order valence-electron chi connectivity index (χ3n) is 4.79. The summed E-state index contributed by atoms with van der Waals surface area (Å²) in [5.74, 6) is 0.961. The summed E-state index contributed by atoms with van der Waals surface area (Å²) >= 11 is 0. The topological polar surface area (TPSA) is 104 Å². The van der Waals surface area contributed by atoms with Gasteiger partial charge in [-0.05, 0) is 43.2 Å². The zero-order valence-corrected chi connectivity index (χ0v) is 14.7. The molecule has 0 aromatic carbocycles. The number of H-pyrrole nitrogens is 1. The van der Waals surface area contributed by atoms with Gasteiger partial charge in [-0.2, -0.15) is 5.10 Å². The summed E-state index contributed by atoms with van der Waals surface area (Å²) in [6, 6.07) is 8.75. The highest BCUT2D eigenvalue weighted by molar-refractivity contribution is 5.92. The minimum atomic E-state index is -0.251. The van der Waals surface area contributed by atoms with Crippen molar-refractivity contribution in [1.29, 1.82) is 0 Å². The molecule has 1 fully saturated rings. The predicted molar refractivity (Wildman–Crippen MR) is 95.1 cm³/mol. The van der Waals surface area contributed by atoms with Crippen LogP contribution in [0.25, 0.3) is 0 Å². The Morgan fingerprint density at radius 1 is 1.19 bits per heavy atom. The zero-order chi connectivity index (χ0) is 18.6. The van der Waals surface area contributed by atoms with Crippen LogP contribution >= 0.6 is 0 Å². The van der Waals surface area contributed by atoms with Gasteiger partial charge in [-0.3, -0.25) is 14.7 Å². The summed E-state index contributed by atoms with van der Waals surface area (Å²) in [5.41, 5.74) is 1.27. The molecule has 0 atom stereocenters. The van der Waals surface area contributed by atoms with E-state index in [0.29, 0.717) is 36.8 Å². The lowest BCUT2D eigenvalue weighted by molar-refractivity contribution is 0.0680. The number of aromatic amines is 1. The minimum Gasteiger partial charge on any atom is -0.467 e. The SMILES string of the molecule is O=C(NCc1ccco1)c1cc(C2CCN(C(=O)c3ccco3)CC2)[nH]n1. The molecule has 2 amide bonds. The van der Waals surface area contributed by atoms with E-state index in [-0.39, 0.29) is 17.7 Å². The lowest BCUT2D eigenvalue weighted by atomic mass is 9.93. The van der Waals surface area contributed by atoms with Crippen molar-refractivity contribution in [2.75, 3.05) is 13.1 Å². The van der Waals surface area contributed by atoms with E-state index in [9.17, 15) is 9.59 Å². The molecule has 0 saturated carbocycles. The number of aromatic nitrogens is 2. The molecule has 27 heavy (non-hydrogen) atoms. The predicted octanol–water partition coefficient (Wildman–Crippen LogP) is 2.55. The maximum Gasteiger partial charge on any atom is 0.289 e. The molecule has 0 spiro atoms. The molecule has 1 saturated heterocycles. The Bertz CT molecular complexity index is 890. The van der Waals surface area contributed by atoms with Gasteiger partial charge in [0.15, 0.2) is 5.76 Å². The second kappa shape index (κ2) is 7.53. The summed E-state index contributed by atoms with van der Waals surface area (Å²) in [5, 5.41) is 9.86. The van der Waals surface area contributed by atoms with Crippen LogP contribution in [0.1, 0.15) is 51.3 Å². The second-order valence-electron chi connectivity index (χ2n) is 6.51. The molecular weight excluding hydrogens is 348 g/mol. The van der Waals surface area contributed by atoms with E-state index in [1.165, 1.54) is 6.26 Å². The average molecular weight is 368 g/mol. The molecular formula is C19H20N4O4. The number of hydrogen-bond acceptors (Lipinski definition) is 5. The van der Waals surface area contributed by atoms with E-state index in [1.54, 1.807) is 41.5 Å². The third-order valence-corrected chi connectivity index (χ3v) is 4.79. The van der Waals surface area contributed by atoms with Gasteiger partial charge in [-0.1, -0.05) is 0 Å². The van der Waals surface area contributed by atoms with E-state index in [0.717, 1.165) is 18.5 Å². The Morgan fingerprint density at radius 2 is 1.96 bits per heavy atom. The average Bonchev–Trinajstić information content (AvgIpc) is 3.48. The van der Waals surface area contributed by atoms with Crippen LogP contribution in [-0.2, 0) is 6.54 Å². The summed E-state index contributed by atoms with van der Waals surface area (Å²) in [6.07, 6.45) is 4.68. The van der Waals surface area contributed by atoms with Crippen LogP contribution in [0, 0.1) is 0 Å². The van der Waals surface area contributed by atoms with Gasteiger partial charge in [-0.25, -0.2) is 0 Å². The van der Waals surface area contributed by atoms with Crippen molar-refractivity contribution in [2.45, 2.75) is 25.3 Å². The van der Waals surface area contributed by atoms with Crippen molar-refractivity contribution in [3.8, 4) is 0 Å². The number of likely N-dealkylation sites (tertiary alicyclic amines) is 1. The third kappa shape index (κ3) is 3.79. The van der Waals surface area contributed by atoms with E-state index >= 15 is 0 Å². The summed E-state index contributed by atoms with van der Waals surface area (Å²) in [7, 11) is 0. The molecule has 0 bridgehead atoms. The standard InChI is InChI=1S/C19H20N4O4/c24-18(20-12-14-3-1-9-26-14)16-11-15(21-22-16)13-5-7-23(8-6-13)19(25)17-4-2-10-27-17/h1-4,9-11,13H,5-8,12H2,(H,20,24)(H,21,22). The van der Waals surface area contributed by atoms with Gasteiger partial charge in [-0.15, -0.1) is 0 Å². The first-order chi connectivity index (χ1) is 13.2. The first-order valence-electron chi connectivity index (χ1n) is 8.89. The molecule has 3 aromatic heterocycles. The van der Waals surface area contributed by atoms with Gasteiger partial charge in [0, 0.05) is 24.7 Å². The first kappa shape index (κ1) is 17.1. The van der Waals surface area contributed by atoms with Crippen molar-refractivity contribution in [3.05, 3.63) is 65.8 Å². The van der Waals surface area contributed by atoms with Gasteiger partial charge in [0.1, 0.15) is 11.5 Å². The molecule has 0 unspecified atom stereocenters. The Labute approximate surface area is 155 Å². The van der Waals surface area contributed by atoms with Crippen LogP contribution in [0.3, 0.4) is 0 Å². The number of nitrogens with zero attached hydrogens (tertiary/aromatic N) is 2. The largest absolute Gasteiger partial charge is 0.467 e. The number of amides is 2. The molecule has 0 radical (unpaired) electrons. The lowest BCUT2D eigenvalue weighted by Crippen LogP contribution is -2.37.